The highest BCUT2D eigenvalue weighted by atomic mass is 16.5. The Hall–Kier alpha value is -1.05. The molecule has 96 valence electrons. The van der Waals surface area contributed by atoms with Crippen LogP contribution in [-0.2, 0) is 9.53 Å². The van der Waals surface area contributed by atoms with Crippen molar-refractivity contribution in [2.24, 2.45) is 5.92 Å². The minimum absolute atomic E-state index is 0.164. The minimum atomic E-state index is -0.164. The standard InChI is InChI=1S/C15H24O2/c1-12(2)5-4-6-14-7-9-15(10-8-14)11-17-13(3)16/h5,7,15H,4,6,8-11H2,1-3H3. The van der Waals surface area contributed by atoms with Crippen LogP contribution in [0.2, 0.25) is 0 Å². The van der Waals surface area contributed by atoms with Crippen LogP contribution in [-0.4, -0.2) is 12.6 Å². The van der Waals surface area contributed by atoms with Crippen LogP contribution in [0.1, 0.15) is 52.9 Å². The summed E-state index contributed by atoms with van der Waals surface area (Å²) in [6.07, 6.45) is 10.4. The van der Waals surface area contributed by atoms with E-state index in [9.17, 15) is 4.79 Å². The summed E-state index contributed by atoms with van der Waals surface area (Å²) in [5, 5.41) is 0. The number of esters is 1. The first-order valence-corrected chi connectivity index (χ1v) is 6.52. The van der Waals surface area contributed by atoms with Gasteiger partial charge in [-0.05, 0) is 51.9 Å². The Labute approximate surface area is 105 Å². The zero-order valence-electron chi connectivity index (χ0n) is 11.3. The molecule has 2 heteroatoms. The lowest BCUT2D eigenvalue weighted by Crippen LogP contribution is -2.14. The number of hydrogen-bond donors (Lipinski definition) is 0. The lowest BCUT2D eigenvalue weighted by molar-refractivity contribution is -0.142. The van der Waals surface area contributed by atoms with Gasteiger partial charge in [0.15, 0.2) is 0 Å². The number of ether oxygens (including phenoxy) is 1. The molecule has 0 aromatic heterocycles. The first-order chi connectivity index (χ1) is 8.08. The lowest BCUT2D eigenvalue weighted by Gasteiger charge is -2.21. The number of carbonyl (C=O) groups excluding carboxylic acids is 1. The molecule has 1 unspecified atom stereocenters. The van der Waals surface area contributed by atoms with Crippen LogP contribution in [0.15, 0.2) is 23.3 Å². The van der Waals surface area contributed by atoms with E-state index in [-0.39, 0.29) is 5.97 Å². The van der Waals surface area contributed by atoms with Crippen LogP contribution in [0.3, 0.4) is 0 Å². The number of allylic oxidation sites excluding steroid dienone is 4. The summed E-state index contributed by atoms with van der Waals surface area (Å²) < 4.78 is 5.05. The third kappa shape index (κ3) is 6.30. The predicted octanol–water partition coefficient (Wildman–Crippen LogP) is 4.02. The van der Waals surface area contributed by atoms with Crippen LogP contribution in [0, 0.1) is 5.92 Å². The topological polar surface area (TPSA) is 26.3 Å². The summed E-state index contributed by atoms with van der Waals surface area (Å²) in [7, 11) is 0. The van der Waals surface area contributed by atoms with Crippen LogP contribution < -0.4 is 0 Å². The van der Waals surface area contributed by atoms with E-state index < -0.39 is 0 Å². The zero-order valence-corrected chi connectivity index (χ0v) is 11.3. The van der Waals surface area contributed by atoms with Crippen molar-refractivity contribution in [2.75, 3.05) is 6.61 Å². The van der Waals surface area contributed by atoms with E-state index in [4.69, 9.17) is 4.74 Å². The van der Waals surface area contributed by atoms with Crippen LogP contribution in [0.4, 0.5) is 0 Å². The van der Waals surface area contributed by atoms with Crippen LogP contribution in [0.25, 0.3) is 0 Å². The van der Waals surface area contributed by atoms with E-state index in [1.165, 1.54) is 25.3 Å². The largest absolute Gasteiger partial charge is 0.466 e. The van der Waals surface area contributed by atoms with Gasteiger partial charge in [0.05, 0.1) is 6.61 Å². The molecule has 0 bridgehead atoms. The Bertz CT molecular complexity index is 309. The molecule has 1 aliphatic rings. The lowest BCUT2D eigenvalue weighted by atomic mass is 9.88. The smallest absolute Gasteiger partial charge is 0.302 e. The van der Waals surface area contributed by atoms with Crippen LogP contribution >= 0.6 is 0 Å². The molecule has 0 spiro atoms. The first-order valence-electron chi connectivity index (χ1n) is 6.52. The fourth-order valence-corrected chi connectivity index (χ4v) is 2.10. The van der Waals surface area contributed by atoms with Gasteiger partial charge in [-0.2, -0.15) is 0 Å². The van der Waals surface area contributed by atoms with E-state index in [0.717, 1.165) is 19.3 Å². The highest BCUT2D eigenvalue weighted by Gasteiger charge is 2.15. The van der Waals surface area contributed by atoms with Gasteiger partial charge in [-0.25, -0.2) is 0 Å². The molecule has 0 aromatic rings. The van der Waals surface area contributed by atoms with Gasteiger partial charge in [0.2, 0.25) is 0 Å². The van der Waals surface area contributed by atoms with E-state index in [0.29, 0.717) is 12.5 Å². The summed E-state index contributed by atoms with van der Waals surface area (Å²) in [6, 6.07) is 0. The SMILES string of the molecule is CC(=O)OCC1CC=C(CCC=C(C)C)CC1. The molecular weight excluding hydrogens is 212 g/mol. The summed E-state index contributed by atoms with van der Waals surface area (Å²) in [5.74, 6) is 0.370. The molecule has 2 nitrogen and oxygen atoms in total. The molecule has 0 aliphatic heterocycles. The second-order valence-electron chi connectivity index (χ2n) is 5.13. The van der Waals surface area contributed by atoms with E-state index >= 15 is 0 Å². The monoisotopic (exact) mass is 236 g/mol. The second-order valence-corrected chi connectivity index (χ2v) is 5.13. The molecule has 0 saturated carbocycles. The van der Waals surface area contributed by atoms with Crippen molar-refractivity contribution in [1.82, 2.24) is 0 Å². The molecule has 0 aromatic carbocycles. The van der Waals surface area contributed by atoms with Gasteiger partial charge in [0, 0.05) is 6.92 Å². The molecule has 0 saturated heterocycles. The average Bonchev–Trinajstić information content (AvgIpc) is 2.27. The Morgan fingerprint density at radius 2 is 2.24 bits per heavy atom. The predicted molar refractivity (Wildman–Crippen MR) is 70.7 cm³/mol. The quantitative estimate of drug-likeness (QED) is 0.532. The van der Waals surface area contributed by atoms with Crippen molar-refractivity contribution in [3.63, 3.8) is 0 Å². The molecule has 1 aliphatic carbocycles. The maximum Gasteiger partial charge on any atom is 0.302 e. The molecule has 1 atom stereocenters. The molecule has 0 heterocycles. The number of carbonyl (C=O) groups is 1. The molecule has 0 N–H and O–H groups in total. The van der Waals surface area contributed by atoms with Crippen molar-refractivity contribution in [2.45, 2.75) is 52.9 Å². The Morgan fingerprint density at radius 3 is 2.76 bits per heavy atom. The van der Waals surface area contributed by atoms with E-state index in [1.54, 1.807) is 5.57 Å². The molecule has 0 radical (unpaired) electrons. The molecule has 17 heavy (non-hydrogen) atoms. The molecule has 0 fully saturated rings. The van der Waals surface area contributed by atoms with Crippen molar-refractivity contribution < 1.29 is 9.53 Å². The van der Waals surface area contributed by atoms with Gasteiger partial charge in [-0.3, -0.25) is 4.79 Å². The normalized spacial score (nSPS) is 19.5. The third-order valence-electron chi connectivity index (χ3n) is 3.15. The number of hydrogen-bond acceptors (Lipinski definition) is 2. The summed E-state index contributed by atoms with van der Waals surface area (Å²) in [6.45, 7) is 6.35. The Kier molecular flexibility index (Phi) is 6.03. The van der Waals surface area contributed by atoms with Gasteiger partial charge in [-0.1, -0.05) is 23.3 Å². The Balaban J connectivity index is 2.24. The molecular formula is C15H24O2. The summed E-state index contributed by atoms with van der Waals surface area (Å²) >= 11 is 0. The maximum atomic E-state index is 10.7. The third-order valence-corrected chi connectivity index (χ3v) is 3.15. The van der Waals surface area contributed by atoms with E-state index in [2.05, 4.69) is 26.0 Å². The van der Waals surface area contributed by atoms with Gasteiger partial charge < -0.3 is 4.74 Å². The first kappa shape index (κ1) is 14.0. The minimum Gasteiger partial charge on any atom is -0.466 e. The highest BCUT2D eigenvalue weighted by molar-refractivity contribution is 5.65. The summed E-state index contributed by atoms with van der Waals surface area (Å²) in [4.78, 5) is 10.7. The zero-order chi connectivity index (χ0) is 12.7. The van der Waals surface area contributed by atoms with Gasteiger partial charge in [0.1, 0.15) is 0 Å². The van der Waals surface area contributed by atoms with Crippen molar-refractivity contribution in [3.05, 3.63) is 23.3 Å². The highest BCUT2D eigenvalue weighted by Crippen LogP contribution is 2.26. The van der Waals surface area contributed by atoms with Crippen molar-refractivity contribution in [3.8, 4) is 0 Å². The van der Waals surface area contributed by atoms with E-state index in [1.807, 2.05) is 0 Å². The molecule has 1 rings (SSSR count). The average molecular weight is 236 g/mol. The number of rotatable bonds is 5. The fourth-order valence-electron chi connectivity index (χ4n) is 2.10. The van der Waals surface area contributed by atoms with Crippen molar-refractivity contribution >= 4 is 5.97 Å². The fraction of sp³-hybridized carbons (Fsp3) is 0.667. The van der Waals surface area contributed by atoms with Gasteiger partial charge in [0.25, 0.3) is 0 Å². The van der Waals surface area contributed by atoms with Crippen LogP contribution in [0.5, 0.6) is 0 Å². The summed E-state index contributed by atoms with van der Waals surface area (Å²) in [5.41, 5.74) is 2.97. The maximum absolute atomic E-state index is 10.7. The van der Waals surface area contributed by atoms with Gasteiger partial charge in [-0.15, -0.1) is 0 Å². The Morgan fingerprint density at radius 1 is 1.47 bits per heavy atom. The van der Waals surface area contributed by atoms with Crippen molar-refractivity contribution in [1.29, 1.82) is 0 Å². The molecule has 0 amide bonds. The second kappa shape index (κ2) is 7.31. The van der Waals surface area contributed by atoms with Gasteiger partial charge >= 0.3 is 5.97 Å².